The second-order valence-electron chi connectivity index (χ2n) is 5.16. The number of halogens is 1. The van der Waals surface area contributed by atoms with E-state index in [9.17, 15) is 4.79 Å². The van der Waals surface area contributed by atoms with Gasteiger partial charge in [-0.1, -0.05) is 54.1 Å². The zero-order valence-corrected chi connectivity index (χ0v) is 11.8. The molecule has 3 rings (SSSR count). The molecule has 0 fully saturated rings. The number of hydrogen-bond donors (Lipinski definition) is 0. The highest BCUT2D eigenvalue weighted by Crippen LogP contribution is 2.36. The van der Waals surface area contributed by atoms with Crippen molar-refractivity contribution < 1.29 is 4.79 Å². The zero-order chi connectivity index (χ0) is 13.9. The number of benzene rings is 2. The van der Waals surface area contributed by atoms with Crippen molar-refractivity contribution in [1.29, 1.82) is 0 Å². The molecule has 0 unspecified atom stereocenters. The monoisotopic (exact) mass is 282 g/mol. The fourth-order valence-corrected chi connectivity index (χ4v) is 2.84. The minimum Gasteiger partial charge on any atom is -0.295 e. The Morgan fingerprint density at radius 2 is 1.60 bits per heavy atom. The van der Waals surface area contributed by atoms with E-state index in [1.807, 2.05) is 42.5 Å². The molecule has 20 heavy (non-hydrogen) atoms. The predicted molar refractivity (Wildman–Crippen MR) is 82.9 cm³/mol. The lowest BCUT2D eigenvalue weighted by Gasteiger charge is -2.22. The van der Waals surface area contributed by atoms with Crippen molar-refractivity contribution in [3.63, 3.8) is 0 Å². The minimum atomic E-state index is 0.204. The minimum absolute atomic E-state index is 0.204. The molecule has 0 N–H and O–H groups in total. The maximum Gasteiger partial charge on any atom is 0.156 e. The van der Waals surface area contributed by atoms with Crippen LogP contribution in [0.1, 0.15) is 29.9 Å². The Morgan fingerprint density at radius 1 is 0.900 bits per heavy atom. The van der Waals surface area contributed by atoms with Crippen molar-refractivity contribution in [3.8, 4) is 0 Å². The maximum absolute atomic E-state index is 12.0. The molecule has 0 radical (unpaired) electrons. The average Bonchev–Trinajstić information content (AvgIpc) is 2.48. The molecule has 0 saturated carbocycles. The molecule has 1 atom stereocenters. The highest BCUT2D eigenvalue weighted by atomic mass is 35.5. The largest absolute Gasteiger partial charge is 0.295 e. The van der Waals surface area contributed by atoms with Gasteiger partial charge in [0.25, 0.3) is 0 Å². The van der Waals surface area contributed by atoms with E-state index in [2.05, 4.69) is 12.1 Å². The van der Waals surface area contributed by atoms with E-state index in [4.69, 9.17) is 11.6 Å². The van der Waals surface area contributed by atoms with Crippen molar-refractivity contribution in [1.82, 2.24) is 0 Å². The first kappa shape index (κ1) is 13.1. The van der Waals surface area contributed by atoms with Crippen LogP contribution in [0, 0.1) is 0 Å². The Hall–Kier alpha value is -1.86. The highest BCUT2D eigenvalue weighted by molar-refractivity contribution is 6.30. The van der Waals surface area contributed by atoms with Gasteiger partial charge >= 0.3 is 0 Å². The van der Waals surface area contributed by atoms with Crippen LogP contribution in [0.4, 0.5) is 0 Å². The first-order valence-electron chi connectivity index (χ1n) is 6.76. The van der Waals surface area contributed by atoms with Crippen LogP contribution in [0.25, 0.3) is 5.57 Å². The predicted octanol–water partition coefficient (Wildman–Crippen LogP) is 4.87. The van der Waals surface area contributed by atoms with Gasteiger partial charge in [-0.3, -0.25) is 4.79 Å². The third kappa shape index (κ3) is 2.83. The van der Waals surface area contributed by atoms with Crippen LogP contribution < -0.4 is 0 Å². The molecule has 0 heterocycles. The van der Waals surface area contributed by atoms with E-state index in [0.717, 1.165) is 22.6 Å². The van der Waals surface area contributed by atoms with Gasteiger partial charge in [0.1, 0.15) is 0 Å². The SMILES string of the molecule is O=C1C=C(c2ccc(Cl)cc2)C[C@@H](c2ccccc2)C1. The summed E-state index contributed by atoms with van der Waals surface area (Å²) in [6.45, 7) is 0. The number of hydrogen-bond acceptors (Lipinski definition) is 1. The molecule has 0 aliphatic heterocycles. The zero-order valence-electron chi connectivity index (χ0n) is 11.1. The van der Waals surface area contributed by atoms with Crippen LogP contribution in [0.2, 0.25) is 5.02 Å². The lowest BCUT2D eigenvalue weighted by atomic mass is 9.81. The van der Waals surface area contributed by atoms with Crippen molar-refractivity contribution in [2.45, 2.75) is 18.8 Å². The van der Waals surface area contributed by atoms with Crippen LogP contribution >= 0.6 is 11.6 Å². The van der Waals surface area contributed by atoms with E-state index in [-0.39, 0.29) is 11.7 Å². The molecule has 1 aliphatic rings. The Labute approximate surface area is 123 Å². The fraction of sp³-hybridized carbons (Fsp3) is 0.167. The molecule has 0 saturated heterocycles. The second-order valence-corrected chi connectivity index (χ2v) is 5.60. The summed E-state index contributed by atoms with van der Waals surface area (Å²) in [5, 5.41) is 0.719. The first-order chi connectivity index (χ1) is 9.72. The van der Waals surface area contributed by atoms with Gasteiger partial charge in [-0.15, -0.1) is 0 Å². The van der Waals surface area contributed by atoms with Crippen LogP contribution in [-0.4, -0.2) is 5.78 Å². The summed E-state index contributed by atoms with van der Waals surface area (Å²) < 4.78 is 0. The third-order valence-electron chi connectivity index (χ3n) is 3.74. The Morgan fingerprint density at radius 3 is 2.30 bits per heavy atom. The Kier molecular flexibility index (Phi) is 3.70. The smallest absolute Gasteiger partial charge is 0.156 e. The van der Waals surface area contributed by atoms with Crippen molar-refractivity contribution >= 4 is 23.0 Å². The summed E-state index contributed by atoms with van der Waals surface area (Å²) >= 11 is 5.92. The summed E-state index contributed by atoms with van der Waals surface area (Å²) in [6.07, 6.45) is 3.28. The van der Waals surface area contributed by atoms with Gasteiger partial charge in [-0.2, -0.15) is 0 Å². The summed E-state index contributed by atoms with van der Waals surface area (Å²) in [5.41, 5.74) is 3.43. The highest BCUT2D eigenvalue weighted by Gasteiger charge is 2.22. The molecular formula is C18H15ClO. The fourth-order valence-electron chi connectivity index (χ4n) is 2.72. The molecule has 2 aromatic rings. The van der Waals surface area contributed by atoms with Crippen molar-refractivity contribution in [2.24, 2.45) is 0 Å². The van der Waals surface area contributed by atoms with Gasteiger partial charge in [0.15, 0.2) is 5.78 Å². The normalized spacial score (nSPS) is 18.8. The van der Waals surface area contributed by atoms with Gasteiger partial charge < -0.3 is 0 Å². The second kappa shape index (κ2) is 5.64. The van der Waals surface area contributed by atoms with Gasteiger partial charge in [0.2, 0.25) is 0 Å². The molecule has 1 aliphatic carbocycles. The van der Waals surface area contributed by atoms with Crippen molar-refractivity contribution in [2.75, 3.05) is 0 Å². The van der Waals surface area contributed by atoms with Crippen LogP contribution in [0.15, 0.2) is 60.7 Å². The van der Waals surface area contributed by atoms with E-state index in [1.165, 1.54) is 5.56 Å². The average molecular weight is 283 g/mol. The van der Waals surface area contributed by atoms with Crippen LogP contribution in [-0.2, 0) is 4.79 Å². The van der Waals surface area contributed by atoms with Gasteiger partial charge in [0.05, 0.1) is 0 Å². The third-order valence-corrected chi connectivity index (χ3v) is 3.99. The number of carbonyl (C=O) groups is 1. The summed E-state index contributed by atoms with van der Waals surface area (Å²) in [7, 11) is 0. The summed E-state index contributed by atoms with van der Waals surface area (Å²) in [4.78, 5) is 12.0. The first-order valence-corrected chi connectivity index (χ1v) is 7.14. The van der Waals surface area contributed by atoms with Gasteiger partial charge in [-0.05, 0) is 47.2 Å². The van der Waals surface area contributed by atoms with Gasteiger partial charge in [0, 0.05) is 11.4 Å². The van der Waals surface area contributed by atoms with Crippen LogP contribution in [0.5, 0.6) is 0 Å². The van der Waals surface area contributed by atoms with E-state index in [0.29, 0.717) is 6.42 Å². The number of carbonyl (C=O) groups excluding carboxylic acids is 1. The quantitative estimate of drug-likeness (QED) is 0.768. The molecule has 2 heteroatoms. The van der Waals surface area contributed by atoms with E-state index in [1.54, 1.807) is 6.08 Å². The maximum atomic E-state index is 12.0. The lowest BCUT2D eigenvalue weighted by molar-refractivity contribution is -0.115. The van der Waals surface area contributed by atoms with Crippen LogP contribution in [0.3, 0.4) is 0 Å². The molecular weight excluding hydrogens is 268 g/mol. The van der Waals surface area contributed by atoms with Crippen molar-refractivity contribution in [3.05, 3.63) is 76.8 Å². The number of allylic oxidation sites excluding steroid dienone is 2. The number of rotatable bonds is 2. The van der Waals surface area contributed by atoms with Gasteiger partial charge in [-0.25, -0.2) is 0 Å². The summed E-state index contributed by atoms with van der Waals surface area (Å²) in [6, 6.07) is 18.0. The van der Waals surface area contributed by atoms with E-state index >= 15 is 0 Å². The molecule has 0 bridgehead atoms. The Bertz CT molecular complexity index is 641. The molecule has 100 valence electrons. The molecule has 1 nitrogen and oxygen atoms in total. The lowest BCUT2D eigenvalue weighted by Crippen LogP contribution is -2.12. The molecule has 0 amide bonds. The summed E-state index contributed by atoms with van der Waals surface area (Å²) in [5.74, 6) is 0.481. The standard InChI is InChI=1S/C18H15ClO/c19-17-8-6-14(7-9-17)16-10-15(11-18(20)12-16)13-4-2-1-3-5-13/h1-9,12,15H,10-11H2/t15-/m1/s1. The molecule has 0 aromatic heterocycles. The molecule has 0 spiro atoms. The molecule has 2 aromatic carbocycles. The topological polar surface area (TPSA) is 17.1 Å². The Balaban J connectivity index is 1.89. The number of ketones is 1. The van der Waals surface area contributed by atoms with E-state index < -0.39 is 0 Å².